The van der Waals surface area contributed by atoms with Gasteiger partial charge in [0.05, 0.1) is 6.10 Å². The fraction of sp³-hybridized carbons (Fsp3) is 1.00. The summed E-state index contributed by atoms with van der Waals surface area (Å²) in [6.45, 7) is 4.16. The van der Waals surface area contributed by atoms with Gasteiger partial charge in [0.2, 0.25) is 0 Å². The predicted octanol–water partition coefficient (Wildman–Crippen LogP) is 0.256. The minimum absolute atomic E-state index is 0.122. The fourth-order valence-electron chi connectivity index (χ4n) is 0.708. The molecule has 0 spiro atoms. The minimum atomic E-state index is 0.122. The maximum atomic E-state index is 8.59. The molecule has 3 N–H and O–H groups in total. The normalized spacial score (nSPS) is 14.8. The number of rotatable bonds is 5. The van der Waals surface area contributed by atoms with Gasteiger partial charge in [0, 0.05) is 6.61 Å². The minimum Gasteiger partial charge on any atom is -0.396 e. The molecule has 2 unspecified atom stereocenters. The molecule has 0 aromatic carbocycles. The molecular formula is C9H24N2O2. The number of hydrogen-bond donors (Lipinski definition) is 2. The van der Waals surface area contributed by atoms with E-state index < -0.39 is 0 Å². The van der Waals surface area contributed by atoms with E-state index in [1.54, 1.807) is 0 Å². The van der Waals surface area contributed by atoms with Gasteiger partial charge in [-0.3, -0.25) is 4.90 Å². The molecule has 0 bridgehead atoms. The highest BCUT2D eigenvalue weighted by molar-refractivity contribution is 4.52. The van der Waals surface area contributed by atoms with Crippen LogP contribution in [0.4, 0.5) is 0 Å². The largest absolute Gasteiger partial charge is 0.396 e. The summed E-state index contributed by atoms with van der Waals surface area (Å²) in [4.78, 5) is 1.99. The summed E-state index contributed by atoms with van der Waals surface area (Å²) < 4.78 is 5.52. The van der Waals surface area contributed by atoms with Crippen LogP contribution in [0.15, 0.2) is 0 Å². The van der Waals surface area contributed by atoms with E-state index in [-0.39, 0.29) is 18.9 Å². The van der Waals surface area contributed by atoms with Gasteiger partial charge in [-0.05, 0) is 41.4 Å². The first-order valence-electron chi connectivity index (χ1n) is 4.58. The van der Waals surface area contributed by atoms with Crippen LogP contribution in [0.25, 0.3) is 0 Å². The number of hydrogen-bond acceptors (Lipinski definition) is 4. The molecular weight excluding hydrogens is 168 g/mol. The topological polar surface area (TPSA) is 58.7 Å². The number of nitrogens with two attached hydrogens (primary N) is 1. The Hall–Kier alpha value is -0.160. The van der Waals surface area contributed by atoms with Crippen LogP contribution in [0.5, 0.6) is 0 Å². The highest BCUT2D eigenvalue weighted by Crippen LogP contribution is 2.02. The summed E-state index contributed by atoms with van der Waals surface area (Å²) >= 11 is 0. The molecule has 0 aliphatic heterocycles. The average Bonchev–Trinajstić information content (AvgIpc) is 2.08. The van der Waals surface area contributed by atoms with Crippen LogP contribution in [0.3, 0.4) is 0 Å². The quantitative estimate of drug-likeness (QED) is 0.613. The van der Waals surface area contributed by atoms with Gasteiger partial charge in [-0.2, -0.15) is 0 Å². The van der Waals surface area contributed by atoms with Crippen LogP contribution in [0.2, 0.25) is 0 Å². The maximum absolute atomic E-state index is 8.59. The highest BCUT2D eigenvalue weighted by Gasteiger charge is 2.08. The lowest BCUT2D eigenvalue weighted by Gasteiger charge is -2.23. The van der Waals surface area contributed by atoms with Crippen LogP contribution in [0, 0.1) is 0 Å². The van der Waals surface area contributed by atoms with Gasteiger partial charge in [0.1, 0.15) is 6.23 Å². The molecule has 0 aromatic heterocycles. The van der Waals surface area contributed by atoms with Crippen LogP contribution in [-0.2, 0) is 4.74 Å². The van der Waals surface area contributed by atoms with Crippen molar-refractivity contribution >= 4 is 0 Å². The molecule has 0 fully saturated rings. The van der Waals surface area contributed by atoms with Gasteiger partial charge in [-0.1, -0.05) is 0 Å². The number of aliphatic hydroxyl groups is 1. The van der Waals surface area contributed by atoms with Crippen LogP contribution in [-0.4, -0.2) is 50.1 Å². The zero-order valence-corrected chi connectivity index (χ0v) is 9.45. The molecule has 82 valence electrons. The summed E-state index contributed by atoms with van der Waals surface area (Å²) in [5.41, 5.74) is 4.50. The van der Waals surface area contributed by atoms with Crippen molar-refractivity contribution in [2.45, 2.75) is 32.6 Å². The van der Waals surface area contributed by atoms with Gasteiger partial charge in [0.15, 0.2) is 0 Å². The predicted molar refractivity (Wildman–Crippen MR) is 55.5 cm³/mol. The molecule has 0 aliphatic rings. The van der Waals surface area contributed by atoms with Crippen molar-refractivity contribution in [3.05, 3.63) is 0 Å². The summed E-state index contributed by atoms with van der Waals surface area (Å²) in [5.74, 6) is 0. The lowest BCUT2D eigenvalue weighted by Crippen LogP contribution is -2.31. The summed E-state index contributed by atoms with van der Waals surface area (Å²) in [7, 11) is 5.44. The molecule has 0 rings (SSSR count). The second kappa shape index (κ2) is 9.92. The SMILES string of the molecule is CC(CCO)OC(C)N(C)C.CN. The molecule has 0 heterocycles. The third-order valence-corrected chi connectivity index (χ3v) is 1.69. The summed E-state index contributed by atoms with van der Waals surface area (Å²) in [6, 6.07) is 0. The molecule has 13 heavy (non-hydrogen) atoms. The zero-order chi connectivity index (χ0) is 10.9. The van der Waals surface area contributed by atoms with Gasteiger partial charge in [0.25, 0.3) is 0 Å². The molecule has 0 aromatic rings. The Bertz CT molecular complexity index is 99.6. The van der Waals surface area contributed by atoms with Crippen LogP contribution < -0.4 is 5.73 Å². The molecule has 0 aliphatic carbocycles. The van der Waals surface area contributed by atoms with E-state index in [4.69, 9.17) is 9.84 Å². The van der Waals surface area contributed by atoms with Gasteiger partial charge >= 0.3 is 0 Å². The lowest BCUT2D eigenvalue weighted by atomic mass is 10.3. The molecule has 4 heteroatoms. The van der Waals surface area contributed by atoms with Crippen molar-refractivity contribution in [1.82, 2.24) is 4.90 Å². The number of aliphatic hydroxyl groups excluding tert-OH is 1. The Balaban J connectivity index is 0. The number of ether oxygens (including phenoxy) is 1. The van der Waals surface area contributed by atoms with E-state index in [0.29, 0.717) is 6.42 Å². The molecule has 0 saturated carbocycles. The number of nitrogens with zero attached hydrogens (tertiary/aromatic N) is 1. The second-order valence-corrected chi connectivity index (χ2v) is 3.02. The second-order valence-electron chi connectivity index (χ2n) is 3.02. The molecule has 0 amide bonds. The van der Waals surface area contributed by atoms with Crippen LogP contribution >= 0.6 is 0 Å². The van der Waals surface area contributed by atoms with Crippen molar-refractivity contribution in [2.75, 3.05) is 27.7 Å². The highest BCUT2D eigenvalue weighted by atomic mass is 16.5. The molecule has 2 atom stereocenters. The first kappa shape index (κ1) is 15.3. The van der Waals surface area contributed by atoms with Crippen molar-refractivity contribution < 1.29 is 9.84 Å². The van der Waals surface area contributed by atoms with Crippen molar-refractivity contribution in [2.24, 2.45) is 5.73 Å². The van der Waals surface area contributed by atoms with Crippen molar-refractivity contribution in [3.63, 3.8) is 0 Å². The van der Waals surface area contributed by atoms with E-state index in [0.717, 1.165) is 0 Å². The van der Waals surface area contributed by atoms with E-state index in [1.165, 1.54) is 7.05 Å². The van der Waals surface area contributed by atoms with Gasteiger partial charge < -0.3 is 15.6 Å². The van der Waals surface area contributed by atoms with E-state index in [2.05, 4.69) is 5.73 Å². The van der Waals surface area contributed by atoms with Crippen LogP contribution in [0.1, 0.15) is 20.3 Å². The Morgan fingerprint density at radius 2 is 1.77 bits per heavy atom. The van der Waals surface area contributed by atoms with E-state index in [9.17, 15) is 0 Å². The van der Waals surface area contributed by atoms with Gasteiger partial charge in [-0.15, -0.1) is 0 Å². The summed E-state index contributed by atoms with van der Waals surface area (Å²) in [5, 5.41) is 8.59. The van der Waals surface area contributed by atoms with Crippen molar-refractivity contribution in [1.29, 1.82) is 0 Å². The van der Waals surface area contributed by atoms with Gasteiger partial charge in [-0.25, -0.2) is 0 Å². The van der Waals surface area contributed by atoms with E-state index >= 15 is 0 Å². The lowest BCUT2D eigenvalue weighted by molar-refractivity contribution is -0.0697. The third-order valence-electron chi connectivity index (χ3n) is 1.69. The van der Waals surface area contributed by atoms with Crippen molar-refractivity contribution in [3.8, 4) is 0 Å². The molecule has 0 radical (unpaired) electrons. The molecule has 0 saturated heterocycles. The maximum Gasteiger partial charge on any atom is 0.107 e. The smallest absolute Gasteiger partial charge is 0.107 e. The first-order chi connectivity index (χ1) is 6.07. The Morgan fingerprint density at radius 1 is 1.31 bits per heavy atom. The summed E-state index contributed by atoms with van der Waals surface area (Å²) in [6.07, 6.45) is 0.965. The Kier molecular flexibility index (Phi) is 11.7. The van der Waals surface area contributed by atoms with E-state index in [1.807, 2.05) is 32.8 Å². The first-order valence-corrected chi connectivity index (χ1v) is 4.58. The Morgan fingerprint density at radius 3 is 2.08 bits per heavy atom. The third kappa shape index (κ3) is 9.76. The standard InChI is InChI=1S/C8H19NO2.CH5N/c1-7(5-6-10)11-8(2)9(3)4;1-2/h7-8,10H,5-6H2,1-4H3;2H2,1H3. The average molecular weight is 192 g/mol. The monoisotopic (exact) mass is 192 g/mol. The fourth-order valence-corrected chi connectivity index (χ4v) is 0.708. The molecule has 4 nitrogen and oxygen atoms in total. The zero-order valence-electron chi connectivity index (χ0n) is 9.45. The Labute approximate surface area is 81.7 Å².